The van der Waals surface area contributed by atoms with E-state index in [-0.39, 0.29) is 29.2 Å². The Morgan fingerprint density at radius 3 is 2.59 bits per heavy atom. The van der Waals surface area contributed by atoms with Crippen LogP contribution in [0.3, 0.4) is 0 Å². The summed E-state index contributed by atoms with van der Waals surface area (Å²) in [6.45, 7) is 0.458. The first-order valence-electron chi connectivity index (χ1n) is 9.89. The predicted octanol–water partition coefficient (Wildman–Crippen LogP) is 3.16. The number of hydrogen-bond donors (Lipinski definition) is 3. The molecular formula is C22H23BrN2O6S. The molecule has 8 nitrogen and oxygen atoms in total. The lowest BCUT2D eigenvalue weighted by Gasteiger charge is -2.36. The van der Waals surface area contributed by atoms with Crippen molar-refractivity contribution in [2.75, 3.05) is 20.3 Å². The number of carbonyl (C=O) groups excluding carboxylic acids is 1. The van der Waals surface area contributed by atoms with E-state index >= 15 is 0 Å². The Hall–Kier alpha value is -2.61. The molecule has 0 bridgehead atoms. The topological polar surface area (TPSA) is 137 Å². The molecule has 1 amide bonds. The van der Waals surface area contributed by atoms with E-state index in [0.717, 1.165) is 6.42 Å². The molecule has 1 saturated carbocycles. The van der Waals surface area contributed by atoms with Crippen LogP contribution in [0.2, 0.25) is 0 Å². The van der Waals surface area contributed by atoms with Crippen molar-refractivity contribution < 1.29 is 28.2 Å². The second-order valence-electron chi connectivity index (χ2n) is 7.70. The van der Waals surface area contributed by atoms with Gasteiger partial charge in [0.1, 0.15) is 16.4 Å². The molecule has 0 aliphatic heterocycles. The molecule has 0 heterocycles. The molecule has 1 fully saturated rings. The van der Waals surface area contributed by atoms with Crippen LogP contribution in [-0.2, 0) is 25.7 Å². The third-order valence-corrected chi connectivity index (χ3v) is 7.78. The van der Waals surface area contributed by atoms with Gasteiger partial charge in [0.2, 0.25) is 0 Å². The van der Waals surface area contributed by atoms with Gasteiger partial charge in [0.05, 0.1) is 29.4 Å². The predicted molar refractivity (Wildman–Crippen MR) is 120 cm³/mol. The number of benzene rings is 2. The van der Waals surface area contributed by atoms with Crippen LogP contribution in [0.15, 0.2) is 39.7 Å². The number of nitrogens with zero attached hydrogens (tertiary/aromatic N) is 1. The van der Waals surface area contributed by atoms with Gasteiger partial charge in [-0.25, -0.2) is 8.42 Å². The van der Waals surface area contributed by atoms with Gasteiger partial charge in [-0.2, -0.15) is 5.26 Å². The molecule has 1 aliphatic carbocycles. The number of methoxy groups -OCH3 is 1. The highest BCUT2D eigenvalue weighted by Crippen LogP contribution is 2.45. The van der Waals surface area contributed by atoms with E-state index in [1.807, 2.05) is 0 Å². The SMILES string of the molecule is COCCNC(=O)c1cc(C2(C#N)CCC2)cc(CS(=O)(=O)c2cc(Br)ccc2O)c1O. The van der Waals surface area contributed by atoms with Gasteiger partial charge in [-0.15, -0.1) is 0 Å². The highest BCUT2D eigenvalue weighted by atomic mass is 79.9. The summed E-state index contributed by atoms with van der Waals surface area (Å²) in [6.07, 6.45) is 2.00. The first-order chi connectivity index (χ1) is 15.1. The number of rotatable bonds is 8. The summed E-state index contributed by atoms with van der Waals surface area (Å²) in [7, 11) is -2.60. The molecule has 3 rings (SSSR count). The van der Waals surface area contributed by atoms with Crippen LogP contribution in [0, 0.1) is 11.3 Å². The number of ether oxygens (including phenoxy) is 1. The molecule has 0 spiro atoms. The lowest BCUT2D eigenvalue weighted by atomic mass is 9.65. The Bertz CT molecular complexity index is 1190. The van der Waals surface area contributed by atoms with E-state index in [4.69, 9.17) is 4.74 Å². The van der Waals surface area contributed by atoms with Crippen LogP contribution in [0.5, 0.6) is 11.5 Å². The number of phenols is 2. The Kier molecular flexibility index (Phi) is 7.12. The zero-order chi connectivity index (χ0) is 23.5. The quantitative estimate of drug-likeness (QED) is 0.452. The van der Waals surface area contributed by atoms with Gasteiger partial charge in [0.15, 0.2) is 9.84 Å². The summed E-state index contributed by atoms with van der Waals surface area (Å²) >= 11 is 3.19. The molecule has 0 aromatic heterocycles. The zero-order valence-corrected chi connectivity index (χ0v) is 19.8. The summed E-state index contributed by atoms with van der Waals surface area (Å²) in [6, 6.07) is 9.22. The number of carbonyl (C=O) groups is 1. The van der Waals surface area contributed by atoms with E-state index in [1.54, 1.807) is 0 Å². The number of sulfone groups is 1. The van der Waals surface area contributed by atoms with Crippen molar-refractivity contribution in [2.24, 2.45) is 0 Å². The van der Waals surface area contributed by atoms with Gasteiger partial charge >= 0.3 is 0 Å². The first kappa shape index (κ1) is 24.0. The lowest BCUT2D eigenvalue weighted by Crippen LogP contribution is -2.33. The molecule has 2 aromatic carbocycles. The van der Waals surface area contributed by atoms with Crippen molar-refractivity contribution >= 4 is 31.7 Å². The molecule has 0 atom stereocenters. The molecule has 32 heavy (non-hydrogen) atoms. The van der Waals surface area contributed by atoms with Crippen LogP contribution in [0.1, 0.15) is 40.7 Å². The molecule has 10 heteroatoms. The number of nitriles is 1. The fourth-order valence-corrected chi connectivity index (χ4v) is 5.62. The Morgan fingerprint density at radius 2 is 2.00 bits per heavy atom. The van der Waals surface area contributed by atoms with Crippen LogP contribution in [0.25, 0.3) is 0 Å². The molecule has 1 aliphatic rings. The van der Waals surface area contributed by atoms with E-state index in [2.05, 4.69) is 27.3 Å². The summed E-state index contributed by atoms with van der Waals surface area (Å²) in [5.74, 6) is -2.16. The summed E-state index contributed by atoms with van der Waals surface area (Å²) in [5, 5.41) is 33.2. The molecular weight excluding hydrogens is 500 g/mol. The number of nitrogens with one attached hydrogen (secondary N) is 1. The van der Waals surface area contributed by atoms with Crippen LogP contribution < -0.4 is 5.32 Å². The van der Waals surface area contributed by atoms with Gasteiger partial charge in [-0.05, 0) is 55.2 Å². The molecule has 3 N–H and O–H groups in total. The molecule has 0 radical (unpaired) electrons. The summed E-state index contributed by atoms with van der Waals surface area (Å²) < 4.78 is 31.5. The third-order valence-electron chi connectivity index (χ3n) is 5.60. The Labute approximate surface area is 194 Å². The minimum atomic E-state index is -4.08. The van der Waals surface area contributed by atoms with Gasteiger partial charge < -0.3 is 20.3 Å². The number of aromatic hydroxyl groups is 2. The minimum Gasteiger partial charge on any atom is -0.507 e. The van der Waals surface area contributed by atoms with Gasteiger partial charge in [0.25, 0.3) is 5.91 Å². The van der Waals surface area contributed by atoms with Crippen LogP contribution in [-0.4, -0.2) is 44.8 Å². The first-order valence-corrected chi connectivity index (χ1v) is 12.3. The highest BCUT2D eigenvalue weighted by molar-refractivity contribution is 9.10. The fraction of sp³-hybridized carbons (Fsp3) is 0.364. The largest absolute Gasteiger partial charge is 0.507 e. The smallest absolute Gasteiger partial charge is 0.255 e. The maximum absolute atomic E-state index is 13.1. The Balaban J connectivity index is 2.08. The fourth-order valence-electron chi connectivity index (χ4n) is 3.63. The van der Waals surface area contributed by atoms with Crippen molar-refractivity contribution in [2.45, 2.75) is 35.3 Å². The van der Waals surface area contributed by atoms with E-state index in [0.29, 0.717) is 22.9 Å². The molecule has 2 aromatic rings. The highest BCUT2D eigenvalue weighted by Gasteiger charge is 2.40. The van der Waals surface area contributed by atoms with E-state index in [9.17, 15) is 28.7 Å². The van der Waals surface area contributed by atoms with Crippen LogP contribution >= 0.6 is 15.9 Å². The number of halogens is 1. The van der Waals surface area contributed by atoms with Crippen molar-refractivity contribution in [1.29, 1.82) is 5.26 Å². The third kappa shape index (κ3) is 4.75. The van der Waals surface area contributed by atoms with Crippen molar-refractivity contribution in [3.8, 4) is 17.6 Å². The number of phenolic OH excluding ortho intramolecular Hbond substituents is 2. The normalized spacial score (nSPS) is 14.9. The maximum atomic E-state index is 13.1. The summed E-state index contributed by atoms with van der Waals surface area (Å²) in [5.41, 5.74) is -0.459. The molecule has 170 valence electrons. The maximum Gasteiger partial charge on any atom is 0.255 e. The average molecular weight is 523 g/mol. The second-order valence-corrected chi connectivity index (χ2v) is 10.6. The van der Waals surface area contributed by atoms with Crippen molar-refractivity contribution in [1.82, 2.24) is 5.32 Å². The molecule has 0 unspecified atom stereocenters. The average Bonchev–Trinajstić information content (AvgIpc) is 2.71. The van der Waals surface area contributed by atoms with Crippen molar-refractivity contribution in [3.05, 3.63) is 51.5 Å². The number of amides is 1. The lowest BCUT2D eigenvalue weighted by molar-refractivity contribution is 0.0934. The van der Waals surface area contributed by atoms with Gasteiger partial charge in [-0.1, -0.05) is 15.9 Å². The van der Waals surface area contributed by atoms with Crippen molar-refractivity contribution in [3.63, 3.8) is 0 Å². The van der Waals surface area contributed by atoms with E-state index in [1.165, 1.54) is 37.4 Å². The number of hydrogen-bond acceptors (Lipinski definition) is 7. The molecule has 0 saturated heterocycles. The van der Waals surface area contributed by atoms with Crippen LogP contribution in [0.4, 0.5) is 0 Å². The van der Waals surface area contributed by atoms with Gasteiger partial charge in [0, 0.05) is 23.7 Å². The summed E-state index contributed by atoms with van der Waals surface area (Å²) in [4.78, 5) is 12.4. The Morgan fingerprint density at radius 1 is 1.28 bits per heavy atom. The standard InChI is InChI=1S/C22H23BrN2O6S/c1-31-8-7-25-21(28)17-10-15(22(13-24)5-2-6-22)9-14(20(17)27)12-32(29,30)19-11-16(23)3-4-18(19)26/h3-4,9-11,26-27H,2,5-8,12H2,1H3,(H,25,28). The minimum absolute atomic E-state index is 0.0136. The van der Waals surface area contributed by atoms with Gasteiger partial charge in [-0.3, -0.25) is 4.79 Å². The zero-order valence-electron chi connectivity index (χ0n) is 17.4. The monoisotopic (exact) mass is 522 g/mol. The second kappa shape index (κ2) is 9.48. The van der Waals surface area contributed by atoms with E-state index < -0.39 is 38.4 Å².